The van der Waals surface area contributed by atoms with Gasteiger partial charge in [-0.3, -0.25) is 9.59 Å². The molecule has 2 amide bonds. The summed E-state index contributed by atoms with van der Waals surface area (Å²) in [4.78, 5) is 24.9. The molecule has 0 spiro atoms. The fourth-order valence-corrected chi connectivity index (χ4v) is 2.06. The van der Waals surface area contributed by atoms with Crippen molar-refractivity contribution in [1.82, 2.24) is 20.4 Å². The molecule has 1 aromatic heterocycles. The fraction of sp³-hybridized carbons (Fsp3) is 0.636. The van der Waals surface area contributed by atoms with E-state index in [2.05, 4.69) is 15.5 Å². The van der Waals surface area contributed by atoms with E-state index in [0.29, 0.717) is 24.2 Å². The number of nitrogens with one attached hydrogen (secondary N) is 1. The average molecular weight is 286 g/mol. The maximum atomic E-state index is 11.9. The van der Waals surface area contributed by atoms with Crippen LogP contribution >= 0.6 is 11.8 Å². The molecule has 1 heterocycles. The summed E-state index contributed by atoms with van der Waals surface area (Å²) < 4.78 is 5.16. The van der Waals surface area contributed by atoms with Crippen LogP contribution < -0.4 is 5.32 Å². The van der Waals surface area contributed by atoms with Crippen LogP contribution in [0.15, 0.2) is 9.64 Å². The summed E-state index contributed by atoms with van der Waals surface area (Å²) in [6, 6.07) is 0. The number of aromatic nitrogens is 2. The molecule has 0 fully saturated rings. The van der Waals surface area contributed by atoms with E-state index in [1.807, 2.05) is 13.8 Å². The lowest BCUT2D eigenvalue weighted by Gasteiger charge is -2.19. The lowest BCUT2D eigenvalue weighted by molar-refractivity contribution is -0.133. The maximum absolute atomic E-state index is 11.9. The summed E-state index contributed by atoms with van der Waals surface area (Å²) in [5.41, 5.74) is 0. The molecule has 0 saturated heterocycles. The number of hydrogen-bond acceptors (Lipinski definition) is 6. The first-order valence-corrected chi connectivity index (χ1v) is 7.02. The van der Waals surface area contributed by atoms with Gasteiger partial charge in [-0.25, -0.2) is 0 Å². The highest BCUT2D eigenvalue weighted by Crippen LogP contribution is 2.15. The number of thioether (sulfide) groups is 1. The first-order chi connectivity index (χ1) is 9.06. The predicted octanol–water partition coefficient (Wildman–Crippen LogP) is 0.455. The zero-order valence-electron chi connectivity index (χ0n) is 11.3. The average Bonchev–Trinajstić information content (AvgIpc) is 2.79. The fourth-order valence-electron chi connectivity index (χ4n) is 1.35. The van der Waals surface area contributed by atoms with Gasteiger partial charge in [-0.1, -0.05) is 11.8 Å². The molecular formula is C11H18N4O3S. The molecule has 0 aliphatic rings. The summed E-state index contributed by atoms with van der Waals surface area (Å²) in [6.07, 6.45) is 0. The van der Waals surface area contributed by atoms with Gasteiger partial charge in [0.05, 0.1) is 12.3 Å². The second-order valence-electron chi connectivity index (χ2n) is 3.74. The Morgan fingerprint density at radius 3 is 2.63 bits per heavy atom. The van der Waals surface area contributed by atoms with Gasteiger partial charge in [0.25, 0.3) is 5.22 Å². The van der Waals surface area contributed by atoms with Crippen molar-refractivity contribution >= 4 is 23.6 Å². The molecule has 7 nitrogen and oxygen atoms in total. The minimum absolute atomic E-state index is 0.0760. The van der Waals surface area contributed by atoms with Crippen molar-refractivity contribution in [2.24, 2.45) is 0 Å². The Kier molecular flexibility index (Phi) is 6.34. The van der Waals surface area contributed by atoms with Crippen LogP contribution in [0.1, 0.15) is 19.7 Å². The number of rotatable bonds is 7. The normalized spacial score (nSPS) is 10.3. The number of hydrogen-bond donors (Lipinski definition) is 1. The van der Waals surface area contributed by atoms with E-state index in [0.717, 1.165) is 0 Å². The molecule has 0 radical (unpaired) electrons. The Morgan fingerprint density at radius 1 is 1.37 bits per heavy atom. The van der Waals surface area contributed by atoms with Gasteiger partial charge in [0.15, 0.2) is 0 Å². The molecule has 0 aromatic carbocycles. The number of carbonyl (C=O) groups excluding carboxylic acids is 2. The highest BCUT2D eigenvalue weighted by Gasteiger charge is 2.16. The first kappa shape index (κ1) is 15.5. The van der Waals surface area contributed by atoms with Gasteiger partial charge in [0.2, 0.25) is 17.7 Å². The van der Waals surface area contributed by atoms with Gasteiger partial charge < -0.3 is 14.6 Å². The van der Waals surface area contributed by atoms with Crippen molar-refractivity contribution in [2.45, 2.75) is 26.0 Å². The van der Waals surface area contributed by atoms with Crippen molar-refractivity contribution < 1.29 is 14.0 Å². The van der Waals surface area contributed by atoms with Gasteiger partial charge in [-0.05, 0) is 13.8 Å². The summed E-state index contributed by atoms with van der Waals surface area (Å²) in [6.45, 7) is 6.47. The van der Waals surface area contributed by atoms with Crippen LogP contribution in [0.3, 0.4) is 0 Å². The van der Waals surface area contributed by atoms with E-state index in [4.69, 9.17) is 4.42 Å². The zero-order chi connectivity index (χ0) is 14.3. The van der Waals surface area contributed by atoms with Gasteiger partial charge in [0.1, 0.15) is 0 Å². The molecule has 0 saturated carbocycles. The molecule has 1 aromatic rings. The van der Waals surface area contributed by atoms with Gasteiger partial charge in [-0.2, -0.15) is 0 Å². The van der Waals surface area contributed by atoms with Gasteiger partial charge in [0, 0.05) is 20.0 Å². The van der Waals surface area contributed by atoms with Crippen LogP contribution in [0.4, 0.5) is 0 Å². The monoisotopic (exact) mass is 286 g/mol. The van der Waals surface area contributed by atoms with Crippen LogP contribution in [-0.4, -0.2) is 52.3 Å². The van der Waals surface area contributed by atoms with Crippen molar-refractivity contribution in [2.75, 3.05) is 25.4 Å². The van der Waals surface area contributed by atoms with E-state index >= 15 is 0 Å². The van der Waals surface area contributed by atoms with E-state index in [-0.39, 0.29) is 24.1 Å². The summed E-state index contributed by atoms with van der Waals surface area (Å²) in [5.74, 6) is 0.352. The second kappa shape index (κ2) is 7.78. The maximum Gasteiger partial charge on any atom is 0.277 e. The molecule has 0 bridgehead atoms. The highest BCUT2D eigenvalue weighted by molar-refractivity contribution is 7.99. The molecule has 0 aliphatic carbocycles. The van der Waals surface area contributed by atoms with E-state index in [1.165, 1.54) is 16.7 Å². The minimum atomic E-state index is -0.156. The van der Waals surface area contributed by atoms with Crippen molar-refractivity contribution in [1.29, 1.82) is 0 Å². The number of nitrogens with zero attached hydrogens (tertiary/aromatic N) is 3. The molecule has 19 heavy (non-hydrogen) atoms. The van der Waals surface area contributed by atoms with Crippen molar-refractivity contribution in [3.05, 3.63) is 5.89 Å². The number of aryl methyl sites for hydroxylation is 1. The highest BCUT2D eigenvalue weighted by atomic mass is 32.2. The van der Waals surface area contributed by atoms with E-state index in [1.54, 1.807) is 6.92 Å². The second-order valence-corrected chi connectivity index (χ2v) is 4.66. The van der Waals surface area contributed by atoms with Gasteiger partial charge >= 0.3 is 0 Å². The molecule has 0 unspecified atom stereocenters. The topological polar surface area (TPSA) is 88.3 Å². The SMILES string of the molecule is CCNC(=O)CN(CC)C(=O)CSc1nnc(C)o1. The van der Waals surface area contributed by atoms with Crippen LogP contribution in [0.25, 0.3) is 0 Å². The van der Waals surface area contributed by atoms with Gasteiger partial charge in [-0.15, -0.1) is 10.2 Å². The number of amides is 2. The smallest absolute Gasteiger partial charge is 0.277 e. The van der Waals surface area contributed by atoms with Crippen molar-refractivity contribution in [3.63, 3.8) is 0 Å². The molecular weight excluding hydrogens is 268 g/mol. The molecule has 0 atom stereocenters. The van der Waals surface area contributed by atoms with Crippen LogP contribution in [0.5, 0.6) is 0 Å². The Labute approximate surface area is 116 Å². The number of likely N-dealkylation sites (N-methyl/N-ethyl adjacent to an activating group) is 2. The predicted molar refractivity (Wildman–Crippen MR) is 70.7 cm³/mol. The molecule has 1 N–H and O–H groups in total. The Morgan fingerprint density at radius 2 is 2.11 bits per heavy atom. The van der Waals surface area contributed by atoms with Crippen LogP contribution in [0, 0.1) is 6.92 Å². The van der Waals surface area contributed by atoms with Crippen LogP contribution in [0.2, 0.25) is 0 Å². The molecule has 8 heteroatoms. The largest absolute Gasteiger partial charge is 0.416 e. The summed E-state index contributed by atoms with van der Waals surface area (Å²) in [5, 5.41) is 10.5. The number of carbonyl (C=O) groups is 2. The lowest BCUT2D eigenvalue weighted by Crippen LogP contribution is -2.41. The third kappa shape index (κ3) is 5.29. The molecule has 106 valence electrons. The molecule has 0 aliphatic heterocycles. The zero-order valence-corrected chi connectivity index (χ0v) is 12.1. The van der Waals surface area contributed by atoms with E-state index < -0.39 is 0 Å². The third-order valence-electron chi connectivity index (χ3n) is 2.27. The quantitative estimate of drug-likeness (QED) is 0.732. The van der Waals surface area contributed by atoms with Crippen molar-refractivity contribution in [3.8, 4) is 0 Å². The standard InChI is InChI=1S/C11H18N4O3S/c1-4-12-9(16)6-15(5-2)10(17)7-19-11-14-13-8(3)18-11/h4-7H2,1-3H3,(H,12,16). The Bertz CT molecular complexity index is 435. The molecule has 1 rings (SSSR count). The lowest BCUT2D eigenvalue weighted by atomic mass is 10.4. The summed E-state index contributed by atoms with van der Waals surface area (Å²) in [7, 11) is 0. The van der Waals surface area contributed by atoms with E-state index in [9.17, 15) is 9.59 Å². The minimum Gasteiger partial charge on any atom is -0.416 e. The Hall–Kier alpha value is -1.57. The summed E-state index contributed by atoms with van der Waals surface area (Å²) >= 11 is 1.17. The van der Waals surface area contributed by atoms with Crippen LogP contribution in [-0.2, 0) is 9.59 Å². The first-order valence-electron chi connectivity index (χ1n) is 6.04. The third-order valence-corrected chi connectivity index (χ3v) is 3.07. The Balaban J connectivity index is 2.43.